The largest absolute Gasteiger partial charge is 0.368 e. The molecule has 0 N–H and O–H groups in total. The Morgan fingerprint density at radius 3 is 1.13 bits per heavy atom. The molecule has 352 valence electrons. The highest BCUT2D eigenvalue weighted by atomic mass is 32.2. The lowest BCUT2D eigenvalue weighted by Crippen LogP contribution is -2.62. The molecule has 0 bridgehead atoms. The van der Waals surface area contributed by atoms with E-state index in [4.69, 9.17) is 47.4 Å². The van der Waals surface area contributed by atoms with E-state index in [9.17, 15) is 0 Å². The molecule has 68 heavy (non-hydrogen) atoms. The van der Waals surface area contributed by atoms with E-state index in [1.807, 2.05) is 146 Å². The molecule has 4 aliphatic rings. The Labute approximate surface area is 407 Å². The molecule has 0 aromatic heterocycles. The smallest absolute Gasteiger partial charge is 0.184 e. The van der Waals surface area contributed by atoms with Gasteiger partial charge >= 0.3 is 0 Å². The second-order valence-electron chi connectivity index (χ2n) is 16.9. The van der Waals surface area contributed by atoms with Crippen LogP contribution in [0, 0.1) is 0 Å². The Morgan fingerprint density at radius 2 is 0.750 bits per heavy atom. The molecule has 4 aliphatic heterocycles. The molecule has 10 nitrogen and oxygen atoms in total. The molecule has 2 unspecified atom stereocenters. The van der Waals surface area contributed by atoms with E-state index in [0.717, 1.165) is 32.0 Å². The van der Waals surface area contributed by atoms with E-state index in [2.05, 4.69) is 48.5 Å². The topological polar surface area (TPSA) is 92.3 Å². The lowest BCUT2D eigenvalue weighted by Gasteiger charge is -2.49. The molecule has 4 saturated heterocycles. The van der Waals surface area contributed by atoms with Crippen molar-refractivity contribution in [3.05, 3.63) is 216 Å². The minimum Gasteiger partial charge on any atom is -0.368 e. The van der Waals surface area contributed by atoms with Gasteiger partial charge in [-0.2, -0.15) is 0 Å². The summed E-state index contributed by atoms with van der Waals surface area (Å²) in [6.45, 7) is 2.00. The first-order valence-electron chi connectivity index (χ1n) is 23.3. The van der Waals surface area contributed by atoms with Crippen molar-refractivity contribution in [2.75, 3.05) is 26.4 Å². The van der Waals surface area contributed by atoms with E-state index >= 15 is 0 Å². The lowest BCUT2D eigenvalue weighted by atomic mass is 9.98. The number of hydrogen-bond acceptors (Lipinski definition) is 12. The quantitative estimate of drug-likeness (QED) is 0.0768. The zero-order chi connectivity index (χ0) is 45.7. The summed E-state index contributed by atoms with van der Waals surface area (Å²) in [4.78, 5) is 2.12. The van der Waals surface area contributed by atoms with Gasteiger partial charge in [0.15, 0.2) is 12.6 Å². The Morgan fingerprint density at radius 1 is 0.397 bits per heavy atom. The van der Waals surface area contributed by atoms with E-state index in [1.165, 1.54) is 0 Å². The van der Waals surface area contributed by atoms with Crippen molar-refractivity contribution in [2.45, 2.75) is 95.3 Å². The van der Waals surface area contributed by atoms with Crippen molar-refractivity contribution >= 4 is 23.5 Å². The summed E-state index contributed by atoms with van der Waals surface area (Å²) in [7, 11) is 0. The third-order valence-electron chi connectivity index (χ3n) is 12.2. The molecule has 0 spiro atoms. The summed E-state index contributed by atoms with van der Waals surface area (Å²) in [5.74, 6) is 0. The standard InChI is InChI=1S/C56H56O10S2/c1-7-21-39(22-8-1)35-59-49-47-45(37-61-53(65-47)41-25-11-3-12-26-41)63-55(67-43-29-15-5-16-30-43)51(49)57-33-19-20-34-58-52-50(60-36-40-23-9-2-10-24-40)48-46(64-56(52)68-44-31-17-6-18-32-44)38-62-54(66-48)42-27-13-4-14-28-42/h1-32,45-56H,33-38H2/b20-19+/t45-,46-,47-,48-,49+,50+,51+,52+,53?,54?,55-,56-/m1/s1. The van der Waals surface area contributed by atoms with Crippen molar-refractivity contribution in [1.82, 2.24) is 0 Å². The Hall–Kier alpha value is -4.64. The van der Waals surface area contributed by atoms with Crippen molar-refractivity contribution in [2.24, 2.45) is 0 Å². The van der Waals surface area contributed by atoms with Gasteiger partial charge in [-0.1, -0.05) is 193 Å². The summed E-state index contributed by atoms with van der Waals surface area (Å²) in [6, 6.07) is 60.8. The molecule has 10 rings (SSSR count). The van der Waals surface area contributed by atoms with Crippen LogP contribution in [0.5, 0.6) is 0 Å². The Kier molecular flexibility index (Phi) is 16.5. The highest BCUT2D eigenvalue weighted by Crippen LogP contribution is 2.43. The molecule has 6 aromatic rings. The summed E-state index contributed by atoms with van der Waals surface area (Å²) < 4.78 is 67.2. The van der Waals surface area contributed by atoms with Crippen LogP contribution in [0.4, 0.5) is 0 Å². The average Bonchev–Trinajstić information content (AvgIpc) is 3.40. The number of hydrogen-bond donors (Lipinski definition) is 0. The summed E-state index contributed by atoms with van der Waals surface area (Å²) >= 11 is 3.22. The third-order valence-corrected chi connectivity index (χ3v) is 14.5. The first kappa shape index (κ1) is 47.1. The summed E-state index contributed by atoms with van der Waals surface area (Å²) in [5, 5.41) is 0. The first-order chi connectivity index (χ1) is 33.7. The van der Waals surface area contributed by atoms with Gasteiger partial charge in [0.25, 0.3) is 0 Å². The van der Waals surface area contributed by atoms with Gasteiger partial charge in [-0.05, 0) is 35.4 Å². The van der Waals surface area contributed by atoms with Gasteiger partial charge in [-0.3, -0.25) is 0 Å². The van der Waals surface area contributed by atoms with Crippen LogP contribution in [0.1, 0.15) is 34.8 Å². The van der Waals surface area contributed by atoms with Crippen LogP contribution >= 0.6 is 23.5 Å². The van der Waals surface area contributed by atoms with Crippen LogP contribution in [-0.2, 0) is 60.6 Å². The van der Waals surface area contributed by atoms with Gasteiger partial charge in [0.05, 0.1) is 39.6 Å². The van der Waals surface area contributed by atoms with Crippen LogP contribution in [-0.4, -0.2) is 86.1 Å². The maximum atomic E-state index is 6.87. The van der Waals surface area contributed by atoms with E-state index < -0.39 is 60.1 Å². The molecular weight excluding hydrogens is 897 g/mol. The minimum atomic E-state index is -0.570. The number of benzene rings is 6. The van der Waals surface area contributed by atoms with Crippen molar-refractivity contribution in [3.63, 3.8) is 0 Å². The fraction of sp³-hybridized carbons (Fsp3) is 0.321. The van der Waals surface area contributed by atoms with Gasteiger partial charge in [0.2, 0.25) is 0 Å². The molecule has 0 saturated carbocycles. The van der Waals surface area contributed by atoms with E-state index in [0.29, 0.717) is 26.4 Å². The van der Waals surface area contributed by atoms with Crippen LogP contribution in [0.2, 0.25) is 0 Å². The second kappa shape index (κ2) is 23.8. The molecule has 12 atom stereocenters. The normalized spacial score (nSPS) is 29.2. The van der Waals surface area contributed by atoms with E-state index in [-0.39, 0.29) is 25.4 Å². The van der Waals surface area contributed by atoms with Gasteiger partial charge in [0.1, 0.15) is 59.7 Å². The van der Waals surface area contributed by atoms with Crippen LogP contribution in [0.3, 0.4) is 0 Å². The number of thioether (sulfide) groups is 2. The van der Waals surface area contributed by atoms with Crippen LogP contribution in [0.15, 0.2) is 204 Å². The van der Waals surface area contributed by atoms with Crippen molar-refractivity contribution < 1.29 is 47.4 Å². The predicted molar refractivity (Wildman–Crippen MR) is 261 cm³/mol. The zero-order valence-electron chi connectivity index (χ0n) is 37.5. The zero-order valence-corrected chi connectivity index (χ0v) is 39.2. The molecule has 4 heterocycles. The maximum absolute atomic E-state index is 6.87. The van der Waals surface area contributed by atoms with Gasteiger partial charge in [0, 0.05) is 20.9 Å². The minimum absolute atomic E-state index is 0.269. The Bertz CT molecular complexity index is 2250. The first-order valence-corrected chi connectivity index (χ1v) is 25.1. The fourth-order valence-electron chi connectivity index (χ4n) is 8.84. The highest BCUT2D eigenvalue weighted by Gasteiger charge is 2.53. The number of fused-ring (bicyclic) bond motifs is 2. The highest BCUT2D eigenvalue weighted by molar-refractivity contribution is 8.00. The van der Waals surface area contributed by atoms with Crippen molar-refractivity contribution in [1.29, 1.82) is 0 Å². The Balaban J connectivity index is 0.882. The SMILES string of the molecule is C(=C\CO[C@H]1[C@@H](OCc2ccccc2)[C@@H]2OC(c3ccccc3)OC[C@H]2O[C@@H]1Sc1ccccc1)/CO[C@H]1[C@@H](OCc2ccccc2)[C@@H]2OC(c3ccccc3)OC[C@H]2O[C@@H]1Sc1ccccc1. The van der Waals surface area contributed by atoms with Gasteiger partial charge in [-0.15, -0.1) is 0 Å². The molecule has 0 aliphatic carbocycles. The maximum Gasteiger partial charge on any atom is 0.184 e. The molecule has 0 radical (unpaired) electrons. The third kappa shape index (κ3) is 12.0. The van der Waals surface area contributed by atoms with Crippen LogP contribution < -0.4 is 0 Å². The fourth-order valence-corrected chi connectivity index (χ4v) is 11.1. The summed E-state index contributed by atoms with van der Waals surface area (Å²) in [6.07, 6.45) is -0.832. The van der Waals surface area contributed by atoms with Gasteiger partial charge < -0.3 is 47.4 Å². The van der Waals surface area contributed by atoms with Crippen molar-refractivity contribution in [3.8, 4) is 0 Å². The predicted octanol–water partition coefficient (Wildman–Crippen LogP) is 10.7. The molecule has 12 heteroatoms. The van der Waals surface area contributed by atoms with Crippen LogP contribution in [0.25, 0.3) is 0 Å². The monoisotopic (exact) mass is 952 g/mol. The second-order valence-corrected chi connectivity index (χ2v) is 19.2. The van der Waals surface area contributed by atoms with Gasteiger partial charge in [-0.25, -0.2) is 0 Å². The summed E-state index contributed by atoms with van der Waals surface area (Å²) in [5.41, 5.74) is 3.14. The molecule has 6 aromatic carbocycles. The van der Waals surface area contributed by atoms with E-state index in [1.54, 1.807) is 23.5 Å². The molecular formula is C56H56O10S2. The molecule has 0 amide bonds. The molecule has 4 fully saturated rings. The average molecular weight is 953 g/mol. The number of ether oxygens (including phenoxy) is 10. The lowest BCUT2D eigenvalue weighted by molar-refractivity contribution is -0.328. The number of rotatable bonds is 18.